The van der Waals surface area contributed by atoms with Crippen LogP contribution in [0.5, 0.6) is 0 Å². The number of carbonyl (C=O) groups is 1. The number of nitriles is 1. The van der Waals surface area contributed by atoms with Crippen LogP contribution in [0.25, 0.3) is 17.4 Å². The van der Waals surface area contributed by atoms with E-state index in [1.807, 2.05) is 6.07 Å². The minimum atomic E-state index is -0.457. The maximum atomic E-state index is 12.2. The van der Waals surface area contributed by atoms with E-state index in [-0.39, 0.29) is 11.7 Å². The summed E-state index contributed by atoms with van der Waals surface area (Å²) in [5.74, 6) is 0.419. The molecule has 1 aliphatic heterocycles. The summed E-state index contributed by atoms with van der Waals surface area (Å²) in [4.78, 5) is 12.2. The Labute approximate surface area is 161 Å². The molecule has 0 bridgehead atoms. The Morgan fingerprint density at radius 1 is 1.35 bits per heavy atom. The highest BCUT2D eigenvalue weighted by Gasteiger charge is 2.18. The zero-order valence-electron chi connectivity index (χ0n) is 13.8. The lowest BCUT2D eigenvalue weighted by molar-refractivity contribution is -0.117. The number of hydrogen-bond donors (Lipinski definition) is 1. The van der Waals surface area contributed by atoms with E-state index in [0.717, 1.165) is 12.8 Å². The summed E-state index contributed by atoms with van der Waals surface area (Å²) in [7, 11) is 0. The summed E-state index contributed by atoms with van der Waals surface area (Å²) in [6, 6.07) is 10.5. The fourth-order valence-corrected chi connectivity index (χ4v) is 3.06. The number of benzene rings is 1. The zero-order chi connectivity index (χ0) is 18.5. The molecule has 1 aromatic carbocycles. The Kier molecular flexibility index (Phi) is 6.00. The minimum absolute atomic E-state index is 0.0130. The third-order valence-corrected chi connectivity index (χ3v) is 4.83. The first kappa shape index (κ1) is 18.5. The van der Waals surface area contributed by atoms with Gasteiger partial charge in [-0.2, -0.15) is 5.26 Å². The molecule has 2 aromatic rings. The molecule has 0 spiro atoms. The molecule has 7 heteroatoms. The fourth-order valence-electron chi connectivity index (χ4n) is 2.67. The lowest BCUT2D eigenvalue weighted by atomic mass is 10.2. The molecule has 1 saturated heterocycles. The first-order valence-electron chi connectivity index (χ1n) is 8.14. The lowest BCUT2D eigenvalue weighted by Gasteiger charge is -2.09. The quantitative estimate of drug-likeness (QED) is 0.603. The van der Waals surface area contributed by atoms with Crippen LogP contribution in [0.3, 0.4) is 0 Å². The van der Waals surface area contributed by atoms with Crippen LogP contribution >= 0.6 is 23.2 Å². The Balaban J connectivity index is 1.73. The Morgan fingerprint density at radius 3 is 2.92 bits per heavy atom. The molecule has 1 aliphatic rings. The van der Waals surface area contributed by atoms with Crippen LogP contribution < -0.4 is 5.32 Å². The summed E-state index contributed by atoms with van der Waals surface area (Å²) >= 11 is 12.2. The van der Waals surface area contributed by atoms with Crippen LogP contribution in [0.2, 0.25) is 10.0 Å². The molecule has 0 saturated carbocycles. The highest BCUT2D eigenvalue weighted by atomic mass is 35.5. The third kappa shape index (κ3) is 4.28. The second-order valence-corrected chi connectivity index (χ2v) is 6.60. The van der Waals surface area contributed by atoms with Crippen molar-refractivity contribution in [3.8, 4) is 17.4 Å². The molecule has 0 aliphatic carbocycles. The molecule has 5 nitrogen and oxygen atoms in total. The fraction of sp³-hybridized carbons (Fsp3) is 0.263. The standard InChI is InChI=1S/C19H16Cl2N2O3/c20-16-5-1-4-15(18(16)21)17-7-6-13(26-17)9-12(10-22)19(24)23-11-14-3-2-8-25-14/h1,4-7,9,14H,2-3,8,11H2,(H,23,24)/b12-9+/t14-/m1/s1. The highest BCUT2D eigenvalue weighted by molar-refractivity contribution is 6.43. The second kappa shape index (κ2) is 8.41. The van der Waals surface area contributed by atoms with Gasteiger partial charge in [-0.3, -0.25) is 4.79 Å². The van der Waals surface area contributed by atoms with E-state index in [1.54, 1.807) is 30.3 Å². The van der Waals surface area contributed by atoms with Crippen molar-refractivity contribution in [2.75, 3.05) is 13.2 Å². The maximum Gasteiger partial charge on any atom is 0.262 e. The Bertz CT molecular complexity index is 877. The smallest absolute Gasteiger partial charge is 0.262 e. The van der Waals surface area contributed by atoms with Crippen molar-refractivity contribution in [3.63, 3.8) is 0 Å². The minimum Gasteiger partial charge on any atom is -0.457 e. The molecule has 1 amide bonds. The van der Waals surface area contributed by atoms with E-state index in [9.17, 15) is 10.1 Å². The van der Waals surface area contributed by atoms with Gasteiger partial charge in [0.1, 0.15) is 23.2 Å². The number of rotatable bonds is 5. The molecule has 0 unspecified atom stereocenters. The van der Waals surface area contributed by atoms with Crippen molar-refractivity contribution in [3.05, 3.63) is 51.7 Å². The predicted octanol–water partition coefficient (Wildman–Crippen LogP) is 4.46. The van der Waals surface area contributed by atoms with Gasteiger partial charge in [0.25, 0.3) is 5.91 Å². The van der Waals surface area contributed by atoms with E-state index in [2.05, 4.69) is 5.32 Å². The average Bonchev–Trinajstić information content (AvgIpc) is 3.31. The topological polar surface area (TPSA) is 75.3 Å². The van der Waals surface area contributed by atoms with Gasteiger partial charge in [-0.05, 0) is 37.1 Å². The number of nitrogens with zero attached hydrogens (tertiary/aromatic N) is 1. The van der Waals surface area contributed by atoms with E-state index in [1.165, 1.54) is 6.08 Å². The molecule has 1 N–H and O–H groups in total. The van der Waals surface area contributed by atoms with Crippen LogP contribution in [-0.4, -0.2) is 25.2 Å². The molecular formula is C19H16Cl2N2O3. The normalized spacial score (nSPS) is 17.1. The van der Waals surface area contributed by atoms with Crippen molar-refractivity contribution in [2.24, 2.45) is 0 Å². The molecule has 1 aromatic heterocycles. The van der Waals surface area contributed by atoms with Gasteiger partial charge >= 0.3 is 0 Å². The van der Waals surface area contributed by atoms with Gasteiger partial charge in [-0.15, -0.1) is 0 Å². The Morgan fingerprint density at radius 2 is 2.19 bits per heavy atom. The maximum absolute atomic E-state index is 12.2. The van der Waals surface area contributed by atoms with Crippen molar-refractivity contribution >= 4 is 35.2 Å². The summed E-state index contributed by atoms with van der Waals surface area (Å²) in [6.45, 7) is 1.10. The largest absolute Gasteiger partial charge is 0.457 e. The summed E-state index contributed by atoms with van der Waals surface area (Å²) in [5, 5.41) is 12.8. The van der Waals surface area contributed by atoms with Crippen molar-refractivity contribution < 1.29 is 13.9 Å². The SMILES string of the molecule is N#C/C(=C\c1ccc(-c2cccc(Cl)c2Cl)o1)C(=O)NC[C@H]1CCCO1. The van der Waals surface area contributed by atoms with Gasteiger partial charge < -0.3 is 14.5 Å². The predicted molar refractivity (Wildman–Crippen MR) is 99.7 cm³/mol. The zero-order valence-corrected chi connectivity index (χ0v) is 15.3. The molecule has 2 heterocycles. The summed E-state index contributed by atoms with van der Waals surface area (Å²) in [6.07, 6.45) is 3.31. The number of carbonyl (C=O) groups excluding carboxylic acids is 1. The highest BCUT2D eigenvalue weighted by Crippen LogP contribution is 2.34. The van der Waals surface area contributed by atoms with Crippen molar-refractivity contribution in [1.82, 2.24) is 5.32 Å². The molecule has 1 fully saturated rings. The number of amides is 1. The number of nitrogens with one attached hydrogen (secondary N) is 1. The van der Waals surface area contributed by atoms with E-state index in [4.69, 9.17) is 32.4 Å². The molecular weight excluding hydrogens is 375 g/mol. The molecule has 3 rings (SSSR count). The van der Waals surface area contributed by atoms with Gasteiger partial charge in [0.2, 0.25) is 0 Å². The first-order valence-corrected chi connectivity index (χ1v) is 8.90. The number of ether oxygens (including phenoxy) is 1. The van der Waals surface area contributed by atoms with Crippen LogP contribution in [0.15, 0.2) is 40.3 Å². The molecule has 0 radical (unpaired) electrons. The molecule has 134 valence electrons. The summed E-state index contributed by atoms with van der Waals surface area (Å²) in [5.41, 5.74) is 0.598. The average molecular weight is 391 g/mol. The first-order chi connectivity index (χ1) is 12.6. The van der Waals surface area contributed by atoms with Gasteiger partial charge in [0, 0.05) is 24.8 Å². The third-order valence-electron chi connectivity index (χ3n) is 4.01. The van der Waals surface area contributed by atoms with E-state index >= 15 is 0 Å². The molecule has 26 heavy (non-hydrogen) atoms. The van der Waals surface area contributed by atoms with Gasteiger partial charge in [0.05, 0.1) is 16.1 Å². The van der Waals surface area contributed by atoms with Crippen molar-refractivity contribution in [1.29, 1.82) is 5.26 Å². The number of furan rings is 1. The summed E-state index contributed by atoms with van der Waals surface area (Å²) < 4.78 is 11.1. The van der Waals surface area contributed by atoms with Crippen LogP contribution in [0.4, 0.5) is 0 Å². The monoisotopic (exact) mass is 390 g/mol. The lowest BCUT2D eigenvalue weighted by Crippen LogP contribution is -2.32. The van der Waals surface area contributed by atoms with Crippen LogP contribution in [0.1, 0.15) is 18.6 Å². The Hall–Kier alpha value is -2.26. The van der Waals surface area contributed by atoms with E-state index < -0.39 is 5.91 Å². The van der Waals surface area contributed by atoms with Gasteiger partial charge in [-0.1, -0.05) is 29.3 Å². The number of halogens is 2. The van der Waals surface area contributed by atoms with E-state index in [0.29, 0.717) is 40.3 Å². The second-order valence-electron chi connectivity index (χ2n) is 5.82. The number of hydrogen-bond acceptors (Lipinski definition) is 4. The van der Waals surface area contributed by atoms with Crippen LogP contribution in [0, 0.1) is 11.3 Å². The van der Waals surface area contributed by atoms with Gasteiger partial charge in [-0.25, -0.2) is 0 Å². The molecule has 1 atom stereocenters. The van der Waals surface area contributed by atoms with Crippen molar-refractivity contribution in [2.45, 2.75) is 18.9 Å². The van der Waals surface area contributed by atoms with Crippen LogP contribution in [-0.2, 0) is 9.53 Å². The van der Waals surface area contributed by atoms with Gasteiger partial charge in [0.15, 0.2) is 0 Å².